The average Bonchev–Trinajstić information content (AvgIpc) is 2.34. The Kier molecular flexibility index (Phi) is 5.99. The minimum absolute atomic E-state index is 0.0165. The maximum absolute atomic E-state index is 11.8. The zero-order valence-corrected chi connectivity index (χ0v) is 12.0. The maximum Gasteiger partial charge on any atom is 0.242 e. The molecule has 0 heterocycles. The minimum Gasteiger partial charge on any atom is -0.374 e. The summed E-state index contributed by atoms with van der Waals surface area (Å²) in [7, 11) is 0. The lowest BCUT2D eigenvalue weighted by Crippen LogP contribution is -2.38. The Morgan fingerprint density at radius 1 is 1.44 bits per heavy atom. The molecule has 0 aliphatic rings. The van der Waals surface area contributed by atoms with Crippen molar-refractivity contribution < 1.29 is 4.79 Å². The number of halogens is 1. The number of anilines is 1. The van der Waals surface area contributed by atoms with E-state index < -0.39 is 0 Å². The second kappa shape index (κ2) is 7.27. The van der Waals surface area contributed by atoms with Crippen LogP contribution in [0.15, 0.2) is 18.2 Å². The Balaban J connectivity index is 2.55. The summed E-state index contributed by atoms with van der Waals surface area (Å²) in [6.07, 6.45) is 2.09. The minimum atomic E-state index is -0.265. The van der Waals surface area contributed by atoms with Crippen LogP contribution in [-0.2, 0) is 4.79 Å². The lowest BCUT2D eigenvalue weighted by molar-refractivity contribution is -0.121. The van der Waals surface area contributed by atoms with Crippen LogP contribution < -0.4 is 10.6 Å². The first-order valence-electron chi connectivity index (χ1n) is 6.35. The summed E-state index contributed by atoms with van der Waals surface area (Å²) in [5.41, 5.74) is 1.98. The largest absolute Gasteiger partial charge is 0.374 e. The molecule has 0 saturated carbocycles. The fraction of sp³-hybridized carbons (Fsp3) is 0.500. The molecule has 0 aliphatic heterocycles. The summed E-state index contributed by atoms with van der Waals surface area (Å²) in [5.74, 6) is 0.0165. The first kappa shape index (κ1) is 14.8. The number of amides is 1. The zero-order chi connectivity index (χ0) is 13.5. The van der Waals surface area contributed by atoms with Crippen molar-refractivity contribution in [1.29, 1.82) is 0 Å². The molecule has 100 valence electrons. The molecular formula is C14H21ClN2O. The van der Waals surface area contributed by atoms with Crippen molar-refractivity contribution in [1.82, 2.24) is 5.32 Å². The lowest BCUT2D eigenvalue weighted by Gasteiger charge is -2.17. The van der Waals surface area contributed by atoms with Gasteiger partial charge in [-0.25, -0.2) is 0 Å². The van der Waals surface area contributed by atoms with E-state index in [0.717, 1.165) is 30.6 Å². The monoisotopic (exact) mass is 268 g/mol. The van der Waals surface area contributed by atoms with Gasteiger partial charge in [0.1, 0.15) is 6.04 Å². The van der Waals surface area contributed by atoms with E-state index in [2.05, 4.69) is 17.6 Å². The third-order valence-electron chi connectivity index (χ3n) is 2.79. The number of carbonyl (C=O) groups is 1. The third-order valence-corrected chi connectivity index (χ3v) is 3.03. The molecule has 1 aromatic carbocycles. The average molecular weight is 269 g/mol. The van der Waals surface area contributed by atoms with Crippen LogP contribution in [0.25, 0.3) is 0 Å². The highest BCUT2D eigenvalue weighted by Crippen LogP contribution is 2.20. The van der Waals surface area contributed by atoms with Crippen LogP contribution in [0.3, 0.4) is 0 Å². The number of nitrogens with one attached hydrogen (secondary N) is 2. The first-order chi connectivity index (χ1) is 8.54. The van der Waals surface area contributed by atoms with E-state index in [1.165, 1.54) is 0 Å². The van der Waals surface area contributed by atoms with Gasteiger partial charge in [0.2, 0.25) is 5.91 Å². The van der Waals surface area contributed by atoms with Crippen molar-refractivity contribution in [3.8, 4) is 0 Å². The van der Waals surface area contributed by atoms with E-state index in [1.807, 2.05) is 32.0 Å². The van der Waals surface area contributed by atoms with Gasteiger partial charge in [0.15, 0.2) is 0 Å². The molecule has 18 heavy (non-hydrogen) atoms. The normalized spacial score (nSPS) is 12.0. The molecule has 0 spiro atoms. The topological polar surface area (TPSA) is 41.1 Å². The second-order valence-electron chi connectivity index (χ2n) is 4.47. The molecule has 1 rings (SSSR count). The van der Waals surface area contributed by atoms with Crippen molar-refractivity contribution in [2.75, 3.05) is 11.9 Å². The number of hydrogen-bond acceptors (Lipinski definition) is 2. The SMILES string of the molecule is CCCCNC(=O)C(C)Nc1cc(Cl)ccc1C. The Labute approximate surface area is 114 Å². The molecule has 0 aliphatic carbocycles. The van der Waals surface area contributed by atoms with Crippen LogP contribution in [0.4, 0.5) is 5.69 Å². The molecular weight excluding hydrogens is 248 g/mol. The molecule has 0 fully saturated rings. The van der Waals surface area contributed by atoms with Gasteiger partial charge in [-0.05, 0) is 38.0 Å². The van der Waals surface area contributed by atoms with Gasteiger partial charge in [-0.2, -0.15) is 0 Å². The molecule has 3 nitrogen and oxygen atoms in total. The fourth-order valence-electron chi connectivity index (χ4n) is 1.59. The molecule has 0 saturated heterocycles. The number of rotatable bonds is 6. The number of unbranched alkanes of at least 4 members (excludes halogenated alkanes) is 1. The zero-order valence-electron chi connectivity index (χ0n) is 11.2. The van der Waals surface area contributed by atoms with Gasteiger partial charge in [0, 0.05) is 17.3 Å². The van der Waals surface area contributed by atoms with Crippen molar-refractivity contribution >= 4 is 23.2 Å². The fourth-order valence-corrected chi connectivity index (χ4v) is 1.76. The molecule has 1 amide bonds. The van der Waals surface area contributed by atoms with Gasteiger partial charge in [0.25, 0.3) is 0 Å². The highest BCUT2D eigenvalue weighted by molar-refractivity contribution is 6.30. The smallest absolute Gasteiger partial charge is 0.242 e. The number of aryl methyl sites for hydroxylation is 1. The highest BCUT2D eigenvalue weighted by Gasteiger charge is 2.12. The summed E-state index contributed by atoms with van der Waals surface area (Å²) in [6, 6.07) is 5.35. The van der Waals surface area contributed by atoms with E-state index in [0.29, 0.717) is 5.02 Å². The Hall–Kier alpha value is -1.22. The number of benzene rings is 1. The van der Waals surface area contributed by atoms with Crippen LogP contribution in [0, 0.1) is 6.92 Å². The summed E-state index contributed by atoms with van der Waals surface area (Å²) in [6.45, 7) is 6.67. The first-order valence-corrected chi connectivity index (χ1v) is 6.72. The predicted octanol–water partition coefficient (Wildman–Crippen LogP) is 3.37. The van der Waals surface area contributed by atoms with Crippen LogP contribution in [0.5, 0.6) is 0 Å². The standard InChI is InChI=1S/C14H21ClN2O/c1-4-5-8-16-14(18)11(3)17-13-9-12(15)7-6-10(13)2/h6-7,9,11,17H,4-5,8H2,1-3H3,(H,16,18). The van der Waals surface area contributed by atoms with Crippen LogP contribution >= 0.6 is 11.6 Å². The number of hydrogen-bond donors (Lipinski definition) is 2. The van der Waals surface area contributed by atoms with Gasteiger partial charge in [-0.1, -0.05) is 31.0 Å². The summed E-state index contributed by atoms with van der Waals surface area (Å²) >= 11 is 5.94. The Morgan fingerprint density at radius 3 is 2.83 bits per heavy atom. The van der Waals surface area contributed by atoms with Crippen molar-refractivity contribution in [3.63, 3.8) is 0 Å². The van der Waals surface area contributed by atoms with E-state index in [-0.39, 0.29) is 11.9 Å². The molecule has 1 aromatic rings. The predicted molar refractivity (Wildman–Crippen MR) is 77.2 cm³/mol. The molecule has 2 N–H and O–H groups in total. The lowest BCUT2D eigenvalue weighted by atomic mass is 10.2. The molecule has 0 radical (unpaired) electrons. The van der Waals surface area contributed by atoms with Gasteiger partial charge < -0.3 is 10.6 Å². The molecule has 1 atom stereocenters. The number of carbonyl (C=O) groups excluding carboxylic acids is 1. The summed E-state index contributed by atoms with van der Waals surface area (Å²) < 4.78 is 0. The third kappa shape index (κ3) is 4.57. The van der Waals surface area contributed by atoms with Crippen LogP contribution in [0.2, 0.25) is 5.02 Å². The van der Waals surface area contributed by atoms with E-state index in [4.69, 9.17) is 11.6 Å². The Morgan fingerprint density at radius 2 is 2.17 bits per heavy atom. The van der Waals surface area contributed by atoms with E-state index >= 15 is 0 Å². The van der Waals surface area contributed by atoms with Gasteiger partial charge in [0.05, 0.1) is 0 Å². The van der Waals surface area contributed by atoms with E-state index in [1.54, 1.807) is 0 Å². The van der Waals surface area contributed by atoms with Gasteiger partial charge in [-0.15, -0.1) is 0 Å². The summed E-state index contributed by atoms with van der Waals surface area (Å²) in [5, 5.41) is 6.75. The van der Waals surface area contributed by atoms with Crippen molar-refractivity contribution in [2.45, 2.75) is 39.7 Å². The van der Waals surface area contributed by atoms with Crippen LogP contribution in [0.1, 0.15) is 32.3 Å². The molecule has 1 unspecified atom stereocenters. The molecule has 4 heteroatoms. The van der Waals surface area contributed by atoms with Crippen molar-refractivity contribution in [3.05, 3.63) is 28.8 Å². The van der Waals surface area contributed by atoms with Crippen molar-refractivity contribution in [2.24, 2.45) is 0 Å². The van der Waals surface area contributed by atoms with Gasteiger partial charge in [-0.3, -0.25) is 4.79 Å². The van der Waals surface area contributed by atoms with Crippen LogP contribution in [-0.4, -0.2) is 18.5 Å². The Bertz CT molecular complexity index is 407. The molecule has 0 bridgehead atoms. The molecule has 0 aromatic heterocycles. The summed E-state index contributed by atoms with van der Waals surface area (Å²) in [4.78, 5) is 11.8. The quantitative estimate of drug-likeness (QED) is 0.777. The maximum atomic E-state index is 11.8. The van der Waals surface area contributed by atoms with Gasteiger partial charge >= 0.3 is 0 Å². The highest BCUT2D eigenvalue weighted by atomic mass is 35.5. The second-order valence-corrected chi connectivity index (χ2v) is 4.91. The van der Waals surface area contributed by atoms with E-state index in [9.17, 15) is 4.79 Å².